The Kier molecular flexibility index (Phi) is 8.11. The van der Waals surface area contributed by atoms with Gasteiger partial charge in [-0.15, -0.1) is 0 Å². The normalized spacial score (nSPS) is 18.9. The highest BCUT2D eigenvalue weighted by molar-refractivity contribution is 7.88. The highest BCUT2D eigenvalue weighted by Gasteiger charge is 2.25. The smallest absolute Gasteiger partial charge is 0.218 e. The molecule has 2 aromatic rings. The zero-order chi connectivity index (χ0) is 22.3. The molecule has 1 aliphatic carbocycles. The van der Waals surface area contributed by atoms with Crippen LogP contribution in [0.15, 0.2) is 54.6 Å². The van der Waals surface area contributed by atoms with Gasteiger partial charge in [0.25, 0.3) is 0 Å². The first kappa shape index (κ1) is 23.3. The predicted octanol–water partition coefficient (Wildman–Crippen LogP) is 5.17. The molecule has 166 valence electrons. The van der Waals surface area contributed by atoms with Gasteiger partial charge in [0.05, 0.1) is 11.8 Å². The lowest BCUT2D eigenvalue weighted by molar-refractivity contribution is 0.361. The molecule has 0 radical (unpaired) electrons. The maximum absolute atomic E-state index is 13.1. The molecule has 0 spiro atoms. The molecule has 1 aliphatic rings. The van der Waals surface area contributed by atoms with Crippen LogP contribution < -0.4 is 5.32 Å². The van der Waals surface area contributed by atoms with Crippen molar-refractivity contribution < 1.29 is 8.42 Å². The van der Waals surface area contributed by atoms with Gasteiger partial charge in [0, 0.05) is 31.2 Å². The summed E-state index contributed by atoms with van der Waals surface area (Å²) < 4.78 is 27.8. The largest absolute Gasteiger partial charge is 0.382 e. The van der Waals surface area contributed by atoms with Gasteiger partial charge in [-0.05, 0) is 54.4 Å². The Labute approximate surface area is 187 Å². The molecule has 1 N–H and O–H groups in total. The predicted molar refractivity (Wildman–Crippen MR) is 126 cm³/mol. The number of benzene rings is 2. The summed E-state index contributed by atoms with van der Waals surface area (Å²) in [4.78, 5) is 0. The summed E-state index contributed by atoms with van der Waals surface area (Å²) in [5.74, 6) is 0.766. The third-order valence-corrected chi connectivity index (χ3v) is 7.52. The van der Waals surface area contributed by atoms with E-state index in [1.807, 2.05) is 68.4 Å². The van der Waals surface area contributed by atoms with Crippen molar-refractivity contribution >= 4 is 15.7 Å². The van der Waals surface area contributed by atoms with Crippen molar-refractivity contribution in [2.45, 2.75) is 57.9 Å². The van der Waals surface area contributed by atoms with Gasteiger partial charge in [0.1, 0.15) is 0 Å². The molecule has 0 aliphatic heterocycles. The number of hydrogen-bond donors (Lipinski definition) is 1. The van der Waals surface area contributed by atoms with Crippen LogP contribution in [0.5, 0.6) is 0 Å². The highest BCUT2D eigenvalue weighted by atomic mass is 32.2. The molecular formula is C25H33N3O2S. The summed E-state index contributed by atoms with van der Waals surface area (Å²) in [6.07, 6.45) is 3.87. The van der Waals surface area contributed by atoms with Crippen molar-refractivity contribution in [1.82, 2.24) is 4.31 Å². The molecule has 5 nitrogen and oxygen atoms in total. The van der Waals surface area contributed by atoms with Gasteiger partial charge < -0.3 is 5.32 Å². The molecule has 1 fully saturated rings. The molecule has 31 heavy (non-hydrogen) atoms. The Hall–Kier alpha value is -2.36. The van der Waals surface area contributed by atoms with Crippen LogP contribution >= 0.6 is 0 Å². The first-order valence-corrected chi connectivity index (χ1v) is 12.7. The first-order chi connectivity index (χ1) is 14.9. The molecule has 6 heteroatoms. The third kappa shape index (κ3) is 7.09. The van der Waals surface area contributed by atoms with Gasteiger partial charge in [-0.25, -0.2) is 8.42 Å². The van der Waals surface area contributed by atoms with Crippen molar-refractivity contribution in [2.75, 3.05) is 11.9 Å². The lowest BCUT2D eigenvalue weighted by atomic mass is 10.1. The van der Waals surface area contributed by atoms with E-state index in [1.54, 1.807) is 4.31 Å². The van der Waals surface area contributed by atoms with Crippen LogP contribution in [0, 0.1) is 23.2 Å². The number of nitrogens with zero attached hydrogens (tertiary/aromatic N) is 2. The molecule has 3 rings (SSSR count). The number of rotatable bonds is 10. The second-order valence-corrected chi connectivity index (χ2v) is 11.0. The fraction of sp³-hybridized carbons (Fsp3) is 0.480. The van der Waals surface area contributed by atoms with E-state index in [-0.39, 0.29) is 11.7 Å². The monoisotopic (exact) mass is 439 g/mol. The van der Waals surface area contributed by atoms with Crippen molar-refractivity contribution in [3.05, 3.63) is 65.7 Å². The number of nitriles is 1. The zero-order valence-electron chi connectivity index (χ0n) is 18.5. The summed E-state index contributed by atoms with van der Waals surface area (Å²) in [7, 11) is -3.42. The van der Waals surface area contributed by atoms with E-state index in [9.17, 15) is 8.42 Å². The minimum Gasteiger partial charge on any atom is -0.382 e. The second-order valence-electron chi connectivity index (χ2n) is 9.01. The quantitative estimate of drug-likeness (QED) is 0.554. The van der Waals surface area contributed by atoms with E-state index in [0.29, 0.717) is 31.5 Å². The van der Waals surface area contributed by atoms with Gasteiger partial charge in [0.15, 0.2) is 0 Å². The molecule has 2 aromatic carbocycles. The summed E-state index contributed by atoms with van der Waals surface area (Å²) in [5.41, 5.74) is 2.84. The molecular weight excluding hydrogens is 406 g/mol. The average molecular weight is 440 g/mol. The highest BCUT2D eigenvalue weighted by Crippen LogP contribution is 2.30. The standard InChI is InChI=1S/C25H33N3O2S/c1-20(2)17-28(31(29,30)19-23-6-4-3-5-7-23)18-22-9-11-24(12-10-22)27-25-13-8-21(16-25)14-15-26/h3-7,9-12,20-21,25,27H,8,13-14,16-19H2,1-2H3/t21-,25-/m1/s1. The third-order valence-electron chi connectivity index (χ3n) is 5.76. The van der Waals surface area contributed by atoms with Crippen LogP contribution in [-0.4, -0.2) is 25.3 Å². The van der Waals surface area contributed by atoms with E-state index in [1.165, 1.54) is 0 Å². The van der Waals surface area contributed by atoms with Crippen molar-refractivity contribution in [3.63, 3.8) is 0 Å². The number of hydrogen-bond acceptors (Lipinski definition) is 4. The first-order valence-electron chi connectivity index (χ1n) is 11.1. The molecule has 0 heterocycles. The number of anilines is 1. The zero-order valence-corrected chi connectivity index (χ0v) is 19.3. The lowest BCUT2D eigenvalue weighted by Gasteiger charge is -2.24. The average Bonchev–Trinajstić information content (AvgIpc) is 3.16. The summed E-state index contributed by atoms with van der Waals surface area (Å²) in [5, 5.41) is 12.4. The fourth-order valence-electron chi connectivity index (χ4n) is 4.23. The van der Waals surface area contributed by atoms with Crippen molar-refractivity contribution in [2.24, 2.45) is 11.8 Å². The van der Waals surface area contributed by atoms with Gasteiger partial charge in [-0.1, -0.05) is 56.3 Å². The van der Waals surface area contributed by atoms with E-state index < -0.39 is 10.0 Å². The molecule has 0 saturated heterocycles. The van der Waals surface area contributed by atoms with Crippen molar-refractivity contribution in [3.8, 4) is 6.07 Å². The lowest BCUT2D eigenvalue weighted by Crippen LogP contribution is -2.34. The maximum Gasteiger partial charge on any atom is 0.218 e. The minimum absolute atomic E-state index is 0.0196. The van der Waals surface area contributed by atoms with Crippen molar-refractivity contribution in [1.29, 1.82) is 5.26 Å². The Balaban J connectivity index is 1.64. The van der Waals surface area contributed by atoms with Gasteiger partial charge in [-0.2, -0.15) is 9.57 Å². The summed E-state index contributed by atoms with van der Waals surface area (Å²) in [6.45, 7) is 4.96. The second kappa shape index (κ2) is 10.8. The van der Waals surface area contributed by atoms with Crippen LogP contribution in [0.25, 0.3) is 0 Å². The topological polar surface area (TPSA) is 73.2 Å². The van der Waals surface area contributed by atoms with Gasteiger partial charge in [-0.3, -0.25) is 0 Å². The SMILES string of the molecule is CC(C)CN(Cc1ccc(N[C@@H]2CC[C@H](CC#N)C2)cc1)S(=O)(=O)Cc1ccccc1. The van der Waals surface area contributed by atoms with Gasteiger partial charge in [0.2, 0.25) is 10.0 Å². The van der Waals surface area contributed by atoms with E-state index in [2.05, 4.69) is 11.4 Å². The molecule has 0 aromatic heterocycles. The van der Waals surface area contributed by atoms with Gasteiger partial charge >= 0.3 is 0 Å². The van der Waals surface area contributed by atoms with E-state index >= 15 is 0 Å². The van der Waals surface area contributed by atoms with Crippen LogP contribution in [0.2, 0.25) is 0 Å². The Morgan fingerprint density at radius 2 is 1.77 bits per heavy atom. The van der Waals surface area contributed by atoms with Crippen LogP contribution in [-0.2, 0) is 22.3 Å². The van der Waals surface area contributed by atoms with Crippen LogP contribution in [0.4, 0.5) is 5.69 Å². The number of nitrogens with one attached hydrogen (secondary N) is 1. The summed E-state index contributed by atoms with van der Waals surface area (Å²) >= 11 is 0. The summed E-state index contributed by atoms with van der Waals surface area (Å²) in [6, 6.07) is 20.1. The molecule has 1 saturated carbocycles. The maximum atomic E-state index is 13.1. The van der Waals surface area contributed by atoms with E-state index in [4.69, 9.17) is 5.26 Å². The van der Waals surface area contributed by atoms with Crippen LogP contribution in [0.3, 0.4) is 0 Å². The Bertz CT molecular complexity index is 966. The molecule has 0 unspecified atom stereocenters. The Morgan fingerprint density at radius 3 is 2.42 bits per heavy atom. The minimum atomic E-state index is -3.42. The molecule has 2 atom stereocenters. The van der Waals surface area contributed by atoms with E-state index in [0.717, 1.165) is 36.1 Å². The fourth-order valence-corrected chi connectivity index (χ4v) is 5.89. The van der Waals surface area contributed by atoms with Crippen LogP contribution in [0.1, 0.15) is 50.7 Å². The Morgan fingerprint density at radius 1 is 1.06 bits per heavy atom. The molecule has 0 amide bonds. The number of sulfonamides is 1. The molecule has 0 bridgehead atoms.